The van der Waals surface area contributed by atoms with Gasteiger partial charge in [0, 0.05) is 6.07 Å². The normalized spacial score (nSPS) is 12.0. The predicted octanol–water partition coefficient (Wildman–Crippen LogP) is 1.68. The van der Waals surface area contributed by atoms with Crippen LogP contribution in [0.4, 0.5) is 4.39 Å². The zero-order valence-corrected chi connectivity index (χ0v) is 10.6. The van der Waals surface area contributed by atoms with Crippen molar-refractivity contribution in [3.8, 4) is 11.6 Å². The summed E-state index contributed by atoms with van der Waals surface area (Å²) in [6.07, 6.45) is 1.36. The molecule has 1 aromatic heterocycles. The Morgan fingerprint density at radius 1 is 1.16 bits per heavy atom. The van der Waals surface area contributed by atoms with Crippen LogP contribution in [0.25, 0.3) is 0 Å². The fourth-order valence-corrected chi connectivity index (χ4v) is 1.68. The maximum Gasteiger partial charge on any atom is 0.216 e. The first-order valence-corrected chi connectivity index (χ1v) is 5.60. The van der Waals surface area contributed by atoms with Crippen molar-refractivity contribution in [1.29, 1.82) is 0 Å². The molecule has 2 rings (SSSR count). The zero-order valence-electron chi connectivity index (χ0n) is 10.6. The van der Waals surface area contributed by atoms with E-state index in [0.717, 1.165) is 0 Å². The number of halogens is 1. The summed E-state index contributed by atoms with van der Waals surface area (Å²) in [6, 6.07) is 5.62. The first-order chi connectivity index (χ1) is 9.15. The largest absolute Gasteiger partial charge is 0.494 e. The highest BCUT2D eigenvalue weighted by molar-refractivity contribution is 5.34. The molecule has 1 unspecified atom stereocenters. The maximum atomic E-state index is 13.6. The molecular weight excluding hydrogens is 249 g/mol. The van der Waals surface area contributed by atoms with E-state index in [4.69, 9.17) is 15.2 Å². The third-order valence-electron chi connectivity index (χ3n) is 2.73. The standard InChI is InChI=1S/C13H14FN3O2/c1-18-11-4-3-8(5-9(11)14)13(15)10-6-12(19-2)17-7-16-10/h3-7,13H,15H2,1-2H3. The molecular formula is C13H14FN3O2. The smallest absolute Gasteiger partial charge is 0.216 e. The summed E-state index contributed by atoms with van der Waals surface area (Å²) in [5, 5.41) is 0. The van der Waals surface area contributed by atoms with Gasteiger partial charge in [0.15, 0.2) is 11.6 Å². The number of hydrogen-bond acceptors (Lipinski definition) is 5. The molecule has 0 spiro atoms. The minimum Gasteiger partial charge on any atom is -0.494 e. The van der Waals surface area contributed by atoms with Gasteiger partial charge in [-0.05, 0) is 17.7 Å². The SMILES string of the molecule is COc1cc(C(N)c2ccc(OC)c(F)c2)ncn1. The van der Waals surface area contributed by atoms with Gasteiger partial charge in [-0.1, -0.05) is 6.07 Å². The molecule has 6 heteroatoms. The Morgan fingerprint density at radius 2 is 1.95 bits per heavy atom. The van der Waals surface area contributed by atoms with Gasteiger partial charge in [-0.15, -0.1) is 0 Å². The van der Waals surface area contributed by atoms with Gasteiger partial charge in [0.2, 0.25) is 5.88 Å². The van der Waals surface area contributed by atoms with E-state index < -0.39 is 11.9 Å². The van der Waals surface area contributed by atoms with E-state index in [-0.39, 0.29) is 5.75 Å². The Kier molecular flexibility index (Phi) is 3.91. The molecule has 0 aliphatic carbocycles. The number of aromatic nitrogens is 2. The van der Waals surface area contributed by atoms with E-state index in [1.54, 1.807) is 12.1 Å². The third-order valence-corrected chi connectivity index (χ3v) is 2.73. The molecule has 0 radical (unpaired) electrons. The van der Waals surface area contributed by atoms with Gasteiger partial charge in [-0.3, -0.25) is 0 Å². The lowest BCUT2D eigenvalue weighted by Gasteiger charge is -2.13. The molecule has 1 heterocycles. The minimum atomic E-state index is -0.558. The molecule has 19 heavy (non-hydrogen) atoms. The highest BCUT2D eigenvalue weighted by Crippen LogP contribution is 2.24. The van der Waals surface area contributed by atoms with Crippen molar-refractivity contribution in [2.24, 2.45) is 5.73 Å². The lowest BCUT2D eigenvalue weighted by Crippen LogP contribution is -2.14. The maximum absolute atomic E-state index is 13.6. The summed E-state index contributed by atoms with van der Waals surface area (Å²) in [4.78, 5) is 7.96. The van der Waals surface area contributed by atoms with Crippen LogP contribution in [0.2, 0.25) is 0 Å². The molecule has 5 nitrogen and oxygen atoms in total. The van der Waals surface area contributed by atoms with Crippen molar-refractivity contribution in [3.05, 3.63) is 47.7 Å². The predicted molar refractivity (Wildman–Crippen MR) is 67.6 cm³/mol. The molecule has 100 valence electrons. The van der Waals surface area contributed by atoms with Crippen molar-refractivity contribution in [2.45, 2.75) is 6.04 Å². The van der Waals surface area contributed by atoms with Crippen LogP contribution in [0, 0.1) is 5.82 Å². The van der Waals surface area contributed by atoms with Crippen LogP contribution in [0.1, 0.15) is 17.3 Å². The number of methoxy groups -OCH3 is 2. The van der Waals surface area contributed by atoms with Crippen LogP contribution < -0.4 is 15.2 Å². The molecule has 2 N–H and O–H groups in total. The molecule has 1 atom stereocenters. The average Bonchev–Trinajstić information content (AvgIpc) is 2.46. The van der Waals surface area contributed by atoms with Gasteiger partial charge in [-0.25, -0.2) is 14.4 Å². The number of ether oxygens (including phenoxy) is 2. The first kappa shape index (κ1) is 13.2. The Balaban J connectivity index is 2.32. The van der Waals surface area contributed by atoms with E-state index in [2.05, 4.69) is 9.97 Å². The van der Waals surface area contributed by atoms with Gasteiger partial charge in [0.05, 0.1) is 26.0 Å². The lowest BCUT2D eigenvalue weighted by atomic mass is 10.0. The molecule has 0 amide bonds. The Bertz CT molecular complexity index is 578. The van der Waals surface area contributed by atoms with Gasteiger partial charge < -0.3 is 15.2 Å². The second-order valence-electron chi connectivity index (χ2n) is 3.86. The molecule has 2 aromatic rings. The third kappa shape index (κ3) is 2.79. The number of hydrogen-bond donors (Lipinski definition) is 1. The molecule has 0 aliphatic heterocycles. The summed E-state index contributed by atoms with van der Waals surface area (Å²) < 4.78 is 23.5. The number of nitrogens with two attached hydrogens (primary N) is 1. The van der Waals surface area contributed by atoms with Crippen LogP contribution in [-0.4, -0.2) is 24.2 Å². The van der Waals surface area contributed by atoms with Crippen LogP contribution >= 0.6 is 0 Å². The summed E-state index contributed by atoms with van der Waals surface area (Å²) in [7, 11) is 2.91. The van der Waals surface area contributed by atoms with E-state index in [1.807, 2.05) is 0 Å². The molecule has 0 bridgehead atoms. The van der Waals surface area contributed by atoms with Crippen LogP contribution in [-0.2, 0) is 0 Å². The van der Waals surface area contributed by atoms with Crippen LogP contribution in [0.15, 0.2) is 30.6 Å². The van der Waals surface area contributed by atoms with Crippen molar-refractivity contribution in [1.82, 2.24) is 9.97 Å². The van der Waals surface area contributed by atoms with Crippen molar-refractivity contribution < 1.29 is 13.9 Å². The van der Waals surface area contributed by atoms with E-state index in [0.29, 0.717) is 17.1 Å². The highest BCUT2D eigenvalue weighted by Gasteiger charge is 2.14. The Hall–Kier alpha value is -2.21. The van der Waals surface area contributed by atoms with Crippen LogP contribution in [0.3, 0.4) is 0 Å². The summed E-state index contributed by atoms with van der Waals surface area (Å²) in [6.45, 7) is 0. The van der Waals surface area contributed by atoms with Gasteiger partial charge in [-0.2, -0.15) is 0 Å². The second kappa shape index (κ2) is 5.62. The number of benzene rings is 1. The molecule has 0 fully saturated rings. The Morgan fingerprint density at radius 3 is 2.58 bits per heavy atom. The quantitative estimate of drug-likeness (QED) is 0.908. The van der Waals surface area contributed by atoms with Crippen molar-refractivity contribution >= 4 is 0 Å². The summed E-state index contributed by atoms with van der Waals surface area (Å²) in [5.74, 6) is 0.127. The average molecular weight is 263 g/mol. The minimum absolute atomic E-state index is 0.177. The van der Waals surface area contributed by atoms with Crippen LogP contribution in [0.5, 0.6) is 11.6 Å². The van der Waals surface area contributed by atoms with E-state index in [1.165, 1.54) is 32.7 Å². The van der Waals surface area contributed by atoms with Gasteiger partial charge in [0.25, 0.3) is 0 Å². The number of nitrogens with zero attached hydrogens (tertiary/aromatic N) is 2. The zero-order chi connectivity index (χ0) is 13.8. The van der Waals surface area contributed by atoms with Crippen molar-refractivity contribution in [3.63, 3.8) is 0 Å². The lowest BCUT2D eigenvalue weighted by molar-refractivity contribution is 0.386. The first-order valence-electron chi connectivity index (χ1n) is 5.60. The van der Waals surface area contributed by atoms with E-state index in [9.17, 15) is 4.39 Å². The molecule has 0 saturated carbocycles. The molecule has 0 aliphatic rings. The highest BCUT2D eigenvalue weighted by atomic mass is 19.1. The fourth-order valence-electron chi connectivity index (χ4n) is 1.68. The Labute approximate surface area is 110 Å². The molecule has 1 aromatic carbocycles. The fraction of sp³-hybridized carbons (Fsp3) is 0.231. The monoisotopic (exact) mass is 263 g/mol. The second-order valence-corrected chi connectivity index (χ2v) is 3.86. The summed E-state index contributed by atoms with van der Waals surface area (Å²) in [5.41, 5.74) is 7.20. The molecule has 0 saturated heterocycles. The topological polar surface area (TPSA) is 70.3 Å². The van der Waals surface area contributed by atoms with E-state index >= 15 is 0 Å². The summed E-state index contributed by atoms with van der Waals surface area (Å²) >= 11 is 0. The van der Waals surface area contributed by atoms with Gasteiger partial charge >= 0.3 is 0 Å². The van der Waals surface area contributed by atoms with Gasteiger partial charge in [0.1, 0.15) is 6.33 Å². The van der Waals surface area contributed by atoms with Crippen molar-refractivity contribution in [2.75, 3.05) is 14.2 Å². The number of rotatable bonds is 4.